The van der Waals surface area contributed by atoms with Gasteiger partial charge in [-0.25, -0.2) is 0 Å². The summed E-state index contributed by atoms with van der Waals surface area (Å²) in [5, 5.41) is 4.30. The van der Waals surface area contributed by atoms with Gasteiger partial charge in [0.15, 0.2) is 11.5 Å². The van der Waals surface area contributed by atoms with E-state index in [0.29, 0.717) is 23.6 Å². The van der Waals surface area contributed by atoms with Crippen molar-refractivity contribution in [2.45, 2.75) is 18.9 Å². The Balaban J connectivity index is 1.57. The number of piperidine rings is 1. The zero-order valence-corrected chi connectivity index (χ0v) is 12.1. The number of likely N-dealkylation sites (tertiary alicyclic amines) is 1. The Hall–Kier alpha value is -2.50. The quantitative estimate of drug-likeness (QED) is 0.852. The molecule has 1 amide bonds. The van der Waals surface area contributed by atoms with E-state index in [2.05, 4.69) is 5.10 Å². The molecule has 0 unspecified atom stereocenters. The number of nitrogens with zero attached hydrogens (tertiary/aromatic N) is 3. The summed E-state index contributed by atoms with van der Waals surface area (Å²) in [4.78, 5) is 14.7. The fraction of sp³-hybridized carbons (Fsp3) is 0.375. The third-order valence-electron chi connectivity index (χ3n) is 4.21. The molecule has 1 aromatic heterocycles. The molecule has 1 atom stereocenters. The van der Waals surface area contributed by atoms with E-state index in [1.807, 2.05) is 34.0 Å². The van der Waals surface area contributed by atoms with Crippen molar-refractivity contribution in [1.82, 2.24) is 14.7 Å². The van der Waals surface area contributed by atoms with Crippen LogP contribution in [-0.4, -0.2) is 40.5 Å². The van der Waals surface area contributed by atoms with Crippen LogP contribution in [0.25, 0.3) is 0 Å². The van der Waals surface area contributed by atoms with E-state index in [1.165, 1.54) is 0 Å². The maximum atomic E-state index is 12.8. The number of amides is 1. The van der Waals surface area contributed by atoms with E-state index in [1.54, 1.807) is 12.3 Å². The molecule has 1 fully saturated rings. The Labute approximate surface area is 128 Å². The van der Waals surface area contributed by atoms with Crippen LogP contribution in [0.5, 0.6) is 11.5 Å². The molecule has 2 aliphatic heterocycles. The first-order valence-electron chi connectivity index (χ1n) is 7.50. The van der Waals surface area contributed by atoms with Crippen molar-refractivity contribution in [2.24, 2.45) is 0 Å². The molecule has 6 heteroatoms. The van der Waals surface area contributed by atoms with Crippen LogP contribution in [0.4, 0.5) is 0 Å². The molecule has 114 valence electrons. The van der Waals surface area contributed by atoms with Crippen LogP contribution in [0.2, 0.25) is 0 Å². The van der Waals surface area contributed by atoms with Crippen molar-refractivity contribution in [3.05, 3.63) is 42.2 Å². The lowest BCUT2D eigenvalue weighted by Crippen LogP contribution is -2.40. The maximum absolute atomic E-state index is 12.8. The molecule has 2 aliphatic rings. The third kappa shape index (κ3) is 2.20. The van der Waals surface area contributed by atoms with Crippen molar-refractivity contribution in [3.8, 4) is 11.5 Å². The predicted molar refractivity (Wildman–Crippen MR) is 79.0 cm³/mol. The van der Waals surface area contributed by atoms with E-state index in [9.17, 15) is 4.79 Å². The summed E-state index contributed by atoms with van der Waals surface area (Å²) in [5.41, 5.74) is 0.580. The van der Waals surface area contributed by atoms with Crippen molar-refractivity contribution >= 4 is 5.91 Å². The molecule has 0 spiro atoms. The standard InChI is InChI=1S/C16H17N3O3/c20-16(13-5-1-6-14-15(13)22-11-21-14)18-8-2-4-12(10-18)19-9-3-7-17-19/h1,3,5-7,9,12H,2,4,8,10-11H2/t12-/m0/s1. The highest BCUT2D eigenvalue weighted by atomic mass is 16.7. The van der Waals surface area contributed by atoms with Gasteiger partial charge in [0, 0.05) is 25.5 Å². The number of para-hydroxylation sites is 1. The van der Waals surface area contributed by atoms with E-state index in [4.69, 9.17) is 9.47 Å². The molecule has 1 saturated heterocycles. The fourth-order valence-electron chi connectivity index (χ4n) is 3.12. The molecule has 0 aliphatic carbocycles. The van der Waals surface area contributed by atoms with Gasteiger partial charge in [-0.1, -0.05) is 6.07 Å². The normalized spacial score (nSPS) is 20.2. The Bertz CT molecular complexity index is 684. The molecule has 4 rings (SSSR count). The Morgan fingerprint density at radius 3 is 3.09 bits per heavy atom. The number of fused-ring (bicyclic) bond motifs is 1. The number of benzene rings is 1. The molecule has 1 aromatic carbocycles. The largest absolute Gasteiger partial charge is 0.454 e. The number of aromatic nitrogens is 2. The van der Waals surface area contributed by atoms with Crippen LogP contribution in [0.1, 0.15) is 29.2 Å². The Kier molecular flexibility index (Phi) is 3.21. The molecule has 0 radical (unpaired) electrons. The Morgan fingerprint density at radius 2 is 2.23 bits per heavy atom. The molecule has 0 N–H and O–H groups in total. The maximum Gasteiger partial charge on any atom is 0.257 e. The van der Waals surface area contributed by atoms with Crippen LogP contribution in [-0.2, 0) is 0 Å². The van der Waals surface area contributed by atoms with Gasteiger partial charge in [-0.05, 0) is 31.0 Å². The monoisotopic (exact) mass is 299 g/mol. The summed E-state index contributed by atoms with van der Waals surface area (Å²) in [6.45, 7) is 1.61. The molecule has 22 heavy (non-hydrogen) atoms. The lowest BCUT2D eigenvalue weighted by atomic mass is 10.0. The van der Waals surface area contributed by atoms with Crippen LogP contribution in [0, 0.1) is 0 Å². The van der Waals surface area contributed by atoms with Crippen LogP contribution in [0.3, 0.4) is 0 Å². The number of hydrogen-bond donors (Lipinski definition) is 0. The average molecular weight is 299 g/mol. The first kappa shape index (κ1) is 13.2. The van der Waals surface area contributed by atoms with Crippen molar-refractivity contribution in [1.29, 1.82) is 0 Å². The highest BCUT2D eigenvalue weighted by Crippen LogP contribution is 2.36. The van der Waals surface area contributed by atoms with E-state index in [0.717, 1.165) is 19.4 Å². The van der Waals surface area contributed by atoms with E-state index < -0.39 is 0 Å². The first-order valence-corrected chi connectivity index (χ1v) is 7.50. The number of ether oxygens (including phenoxy) is 2. The van der Waals surface area contributed by atoms with Gasteiger partial charge in [-0.15, -0.1) is 0 Å². The third-order valence-corrected chi connectivity index (χ3v) is 4.21. The van der Waals surface area contributed by atoms with Crippen LogP contribution < -0.4 is 9.47 Å². The highest BCUT2D eigenvalue weighted by Gasteiger charge is 2.29. The van der Waals surface area contributed by atoms with Crippen molar-refractivity contribution in [3.63, 3.8) is 0 Å². The summed E-state index contributed by atoms with van der Waals surface area (Å²) in [6, 6.07) is 7.60. The summed E-state index contributed by atoms with van der Waals surface area (Å²) < 4.78 is 12.7. The Morgan fingerprint density at radius 1 is 1.27 bits per heavy atom. The van der Waals surface area contributed by atoms with Gasteiger partial charge in [0.2, 0.25) is 6.79 Å². The van der Waals surface area contributed by atoms with Crippen molar-refractivity contribution in [2.75, 3.05) is 19.9 Å². The fourth-order valence-corrected chi connectivity index (χ4v) is 3.12. The minimum Gasteiger partial charge on any atom is -0.454 e. The van der Waals surface area contributed by atoms with E-state index in [-0.39, 0.29) is 18.7 Å². The highest BCUT2D eigenvalue weighted by molar-refractivity contribution is 5.98. The summed E-state index contributed by atoms with van der Waals surface area (Å²) >= 11 is 0. The lowest BCUT2D eigenvalue weighted by Gasteiger charge is -2.33. The zero-order valence-electron chi connectivity index (χ0n) is 12.1. The molecule has 3 heterocycles. The molecule has 6 nitrogen and oxygen atoms in total. The molecule has 0 bridgehead atoms. The minimum absolute atomic E-state index is 0.000735. The van der Waals surface area contributed by atoms with Gasteiger partial charge in [0.1, 0.15) is 0 Å². The smallest absolute Gasteiger partial charge is 0.257 e. The summed E-state index contributed by atoms with van der Waals surface area (Å²) in [5.74, 6) is 1.21. The molecule has 0 saturated carbocycles. The number of rotatable bonds is 2. The van der Waals surface area contributed by atoms with Crippen LogP contribution >= 0.6 is 0 Å². The van der Waals surface area contributed by atoms with Gasteiger partial charge < -0.3 is 14.4 Å². The van der Waals surface area contributed by atoms with Gasteiger partial charge in [0.05, 0.1) is 11.6 Å². The predicted octanol–water partition coefficient (Wildman–Crippen LogP) is 2.09. The van der Waals surface area contributed by atoms with Crippen LogP contribution in [0.15, 0.2) is 36.7 Å². The number of carbonyl (C=O) groups excluding carboxylic acids is 1. The zero-order chi connectivity index (χ0) is 14.9. The molecular weight excluding hydrogens is 282 g/mol. The minimum atomic E-state index is -0.000735. The van der Waals surface area contributed by atoms with Crippen molar-refractivity contribution < 1.29 is 14.3 Å². The summed E-state index contributed by atoms with van der Waals surface area (Å²) in [7, 11) is 0. The first-order chi connectivity index (χ1) is 10.8. The van der Waals surface area contributed by atoms with E-state index >= 15 is 0 Å². The van der Waals surface area contributed by atoms with Gasteiger partial charge >= 0.3 is 0 Å². The second-order valence-corrected chi connectivity index (χ2v) is 5.57. The summed E-state index contributed by atoms with van der Waals surface area (Å²) in [6.07, 6.45) is 5.74. The average Bonchev–Trinajstić information content (AvgIpc) is 3.25. The van der Waals surface area contributed by atoms with Gasteiger partial charge in [-0.3, -0.25) is 9.48 Å². The number of hydrogen-bond acceptors (Lipinski definition) is 4. The molecule has 2 aromatic rings. The second-order valence-electron chi connectivity index (χ2n) is 5.57. The lowest BCUT2D eigenvalue weighted by molar-refractivity contribution is 0.0668. The SMILES string of the molecule is O=C(c1cccc2c1OCO2)N1CCC[C@H](n2cccn2)C1. The molecular formula is C16H17N3O3. The topological polar surface area (TPSA) is 56.6 Å². The second kappa shape index (κ2) is 5.36. The van der Waals surface area contributed by atoms with Gasteiger partial charge in [-0.2, -0.15) is 5.10 Å². The number of carbonyl (C=O) groups is 1. The van der Waals surface area contributed by atoms with Gasteiger partial charge in [0.25, 0.3) is 5.91 Å².